The molecule has 1 saturated heterocycles. The molecule has 0 unspecified atom stereocenters. The summed E-state index contributed by atoms with van der Waals surface area (Å²) in [5, 5.41) is 8.50. The highest BCUT2D eigenvalue weighted by Crippen LogP contribution is 2.37. The summed E-state index contributed by atoms with van der Waals surface area (Å²) in [6.07, 6.45) is 0. The largest absolute Gasteiger partial charge is 0.495 e. The summed E-state index contributed by atoms with van der Waals surface area (Å²) in [6, 6.07) is 4.08. The van der Waals surface area contributed by atoms with Gasteiger partial charge in [-0.25, -0.2) is 0 Å². The molecule has 5 heteroatoms. The second kappa shape index (κ2) is 4.09. The molecule has 1 aromatic carbocycles. The standard InChI is InChI=1S/C15H21BN2O2/c1-9-11(7-8-12-13(9)10(2)17-18-12)16-19-14(3,4)15(5,6)20-16/h7-8H,1-6H3,(H,17,18). The molecule has 0 aliphatic carbocycles. The summed E-state index contributed by atoms with van der Waals surface area (Å²) in [7, 11) is -0.321. The number of aromatic nitrogens is 2. The number of hydrogen-bond acceptors (Lipinski definition) is 3. The molecule has 0 spiro atoms. The number of aryl methyl sites for hydroxylation is 2. The maximum atomic E-state index is 6.14. The zero-order chi connectivity index (χ0) is 14.7. The van der Waals surface area contributed by atoms with Crippen molar-refractivity contribution in [3.8, 4) is 0 Å². The molecule has 0 radical (unpaired) electrons. The first kappa shape index (κ1) is 13.6. The van der Waals surface area contributed by atoms with Crippen molar-refractivity contribution in [1.29, 1.82) is 0 Å². The number of hydrogen-bond donors (Lipinski definition) is 1. The highest BCUT2D eigenvalue weighted by Gasteiger charge is 2.52. The van der Waals surface area contributed by atoms with Gasteiger partial charge in [0.05, 0.1) is 16.7 Å². The Bertz CT molecular complexity index is 660. The van der Waals surface area contributed by atoms with Gasteiger partial charge in [-0.1, -0.05) is 6.07 Å². The van der Waals surface area contributed by atoms with Crippen molar-refractivity contribution in [2.24, 2.45) is 0 Å². The molecule has 1 aromatic heterocycles. The number of nitrogens with zero attached hydrogens (tertiary/aromatic N) is 1. The van der Waals surface area contributed by atoms with Crippen LogP contribution in [0.25, 0.3) is 10.9 Å². The van der Waals surface area contributed by atoms with E-state index in [9.17, 15) is 0 Å². The van der Waals surface area contributed by atoms with Crippen LogP contribution in [0.5, 0.6) is 0 Å². The van der Waals surface area contributed by atoms with Gasteiger partial charge >= 0.3 is 7.12 Å². The van der Waals surface area contributed by atoms with Gasteiger partial charge in [0.1, 0.15) is 0 Å². The van der Waals surface area contributed by atoms with Crippen molar-refractivity contribution in [3.63, 3.8) is 0 Å². The Hall–Kier alpha value is -1.33. The van der Waals surface area contributed by atoms with Crippen LogP contribution in [0.1, 0.15) is 39.0 Å². The van der Waals surface area contributed by atoms with E-state index in [4.69, 9.17) is 9.31 Å². The highest BCUT2D eigenvalue weighted by atomic mass is 16.7. The average molecular weight is 272 g/mol. The molecule has 3 rings (SSSR count). The Morgan fingerprint density at radius 2 is 1.65 bits per heavy atom. The molecule has 106 valence electrons. The SMILES string of the molecule is Cc1[nH]nc2ccc(B3OC(C)(C)C(C)(C)O3)c(C)c12. The summed E-state index contributed by atoms with van der Waals surface area (Å²) >= 11 is 0. The van der Waals surface area contributed by atoms with E-state index >= 15 is 0 Å². The molecule has 20 heavy (non-hydrogen) atoms. The lowest BCUT2D eigenvalue weighted by Crippen LogP contribution is -2.41. The number of aromatic amines is 1. The maximum Gasteiger partial charge on any atom is 0.495 e. The second-order valence-electron chi connectivity index (χ2n) is 6.61. The van der Waals surface area contributed by atoms with Crippen LogP contribution in [0, 0.1) is 13.8 Å². The Morgan fingerprint density at radius 1 is 1.05 bits per heavy atom. The normalized spacial score (nSPS) is 20.8. The molecule has 4 nitrogen and oxygen atoms in total. The quantitative estimate of drug-likeness (QED) is 0.811. The molecule has 0 atom stereocenters. The lowest BCUT2D eigenvalue weighted by Gasteiger charge is -2.32. The number of nitrogens with one attached hydrogen (secondary N) is 1. The van der Waals surface area contributed by atoms with Crippen LogP contribution in [-0.2, 0) is 9.31 Å². The van der Waals surface area contributed by atoms with Crippen LogP contribution in [0.15, 0.2) is 12.1 Å². The summed E-state index contributed by atoms with van der Waals surface area (Å²) in [5.41, 5.74) is 3.69. The average Bonchev–Trinajstić information content (AvgIpc) is 2.79. The smallest absolute Gasteiger partial charge is 0.399 e. The van der Waals surface area contributed by atoms with E-state index in [1.165, 1.54) is 5.56 Å². The molecular weight excluding hydrogens is 251 g/mol. The number of benzene rings is 1. The molecule has 0 bridgehead atoms. The molecule has 0 amide bonds. The molecular formula is C15H21BN2O2. The highest BCUT2D eigenvalue weighted by molar-refractivity contribution is 6.63. The molecule has 2 aromatic rings. The summed E-state index contributed by atoms with van der Waals surface area (Å²) in [4.78, 5) is 0. The minimum Gasteiger partial charge on any atom is -0.399 e. The Labute approximate surface area is 120 Å². The minimum absolute atomic E-state index is 0.315. The van der Waals surface area contributed by atoms with E-state index < -0.39 is 0 Å². The van der Waals surface area contributed by atoms with Gasteiger partial charge in [-0.2, -0.15) is 5.10 Å². The van der Waals surface area contributed by atoms with E-state index in [2.05, 4.69) is 50.9 Å². The van der Waals surface area contributed by atoms with E-state index in [0.717, 1.165) is 22.1 Å². The van der Waals surface area contributed by atoms with Crippen molar-refractivity contribution < 1.29 is 9.31 Å². The Balaban J connectivity index is 2.08. The molecule has 1 aliphatic heterocycles. The first-order chi connectivity index (χ1) is 9.23. The van der Waals surface area contributed by atoms with Crippen molar-refractivity contribution in [2.75, 3.05) is 0 Å². The second-order valence-corrected chi connectivity index (χ2v) is 6.61. The zero-order valence-electron chi connectivity index (χ0n) is 13.0. The molecule has 1 aliphatic rings. The monoisotopic (exact) mass is 272 g/mol. The van der Waals surface area contributed by atoms with Gasteiger partial charge in [0.15, 0.2) is 0 Å². The van der Waals surface area contributed by atoms with Crippen LogP contribution in [0.3, 0.4) is 0 Å². The minimum atomic E-state index is -0.321. The number of rotatable bonds is 1. The summed E-state index contributed by atoms with van der Waals surface area (Å²) < 4.78 is 12.3. The van der Waals surface area contributed by atoms with Crippen molar-refractivity contribution in [1.82, 2.24) is 10.2 Å². The first-order valence-electron chi connectivity index (χ1n) is 7.03. The summed E-state index contributed by atoms with van der Waals surface area (Å²) in [6.45, 7) is 12.4. The number of fused-ring (bicyclic) bond motifs is 1. The Morgan fingerprint density at radius 3 is 2.25 bits per heavy atom. The van der Waals surface area contributed by atoms with Crippen LogP contribution >= 0.6 is 0 Å². The van der Waals surface area contributed by atoms with Crippen molar-refractivity contribution >= 4 is 23.5 Å². The topological polar surface area (TPSA) is 47.1 Å². The van der Waals surface area contributed by atoms with Gasteiger partial charge in [-0.05, 0) is 58.6 Å². The van der Waals surface area contributed by atoms with Gasteiger partial charge in [0, 0.05) is 11.1 Å². The van der Waals surface area contributed by atoms with E-state index in [0.29, 0.717) is 0 Å². The fourth-order valence-electron chi connectivity index (χ4n) is 2.71. The van der Waals surface area contributed by atoms with Gasteiger partial charge in [-0.3, -0.25) is 5.10 Å². The lowest BCUT2D eigenvalue weighted by molar-refractivity contribution is 0.00578. The van der Waals surface area contributed by atoms with Gasteiger partial charge in [-0.15, -0.1) is 0 Å². The van der Waals surface area contributed by atoms with Crippen molar-refractivity contribution in [3.05, 3.63) is 23.4 Å². The zero-order valence-corrected chi connectivity index (χ0v) is 13.0. The summed E-state index contributed by atoms with van der Waals surface area (Å²) in [5.74, 6) is 0. The fraction of sp³-hybridized carbons (Fsp3) is 0.533. The third-order valence-electron chi connectivity index (χ3n) is 4.71. The van der Waals surface area contributed by atoms with Gasteiger partial charge in [0.25, 0.3) is 0 Å². The predicted octanol–water partition coefficient (Wildman–Crippen LogP) is 2.48. The van der Waals surface area contributed by atoms with E-state index in [1.54, 1.807) is 0 Å². The lowest BCUT2D eigenvalue weighted by atomic mass is 9.75. The van der Waals surface area contributed by atoms with Gasteiger partial charge < -0.3 is 9.31 Å². The van der Waals surface area contributed by atoms with E-state index in [-0.39, 0.29) is 18.3 Å². The van der Waals surface area contributed by atoms with Crippen LogP contribution < -0.4 is 5.46 Å². The fourth-order valence-corrected chi connectivity index (χ4v) is 2.71. The van der Waals surface area contributed by atoms with Crippen molar-refractivity contribution in [2.45, 2.75) is 52.7 Å². The van der Waals surface area contributed by atoms with Crippen LogP contribution in [0.2, 0.25) is 0 Å². The molecule has 1 N–H and O–H groups in total. The Kier molecular flexibility index (Phi) is 2.79. The third-order valence-corrected chi connectivity index (χ3v) is 4.71. The van der Waals surface area contributed by atoms with Crippen LogP contribution in [-0.4, -0.2) is 28.5 Å². The molecule has 2 heterocycles. The third kappa shape index (κ3) is 1.80. The molecule has 0 saturated carbocycles. The number of H-pyrrole nitrogens is 1. The van der Waals surface area contributed by atoms with Gasteiger partial charge in [0.2, 0.25) is 0 Å². The molecule has 1 fully saturated rings. The van der Waals surface area contributed by atoms with E-state index in [1.807, 2.05) is 13.0 Å². The first-order valence-corrected chi connectivity index (χ1v) is 7.03. The van der Waals surface area contributed by atoms with Crippen LogP contribution in [0.4, 0.5) is 0 Å². The predicted molar refractivity (Wildman–Crippen MR) is 81.3 cm³/mol. The maximum absolute atomic E-state index is 6.14.